The van der Waals surface area contributed by atoms with E-state index in [0.717, 1.165) is 13.1 Å². The zero-order chi connectivity index (χ0) is 8.27. The largest absolute Gasteiger partial charge is 0.480 e. The van der Waals surface area contributed by atoms with Gasteiger partial charge in [-0.05, 0) is 13.5 Å². The van der Waals surface area contributed by atoms with Crippen LogP contribution >= 0.6 is 0 Å². The maximum atomic E-state index is 10.6. The molecular formula is C7H13N2O2. The van der Waals surface area contributed by atoms with Crippen molar-refractivity contribution >= 4 is 5.97 Å². The molecule has 1 atom stereocenters. The molecule has 1 N–H and O–H groups in total. The summed E-state index contributed by atoms with van der Waals surface area (Å²) in [5.74, 6) is -0.732. The van der Waals surface area contributed by atoms with Crippen LogP contribution in [0.25, 0.3) is 0 Å². The molecule has 1 radical (unpaired) electrons. The van der Waals surface area contributed by atoms with Crippen LogP contribution in [0.4, 0.5) is 0 Å². The fourth-order valence-electron chi connectivity index (χ4n) is 1.24. The van der Waals surface area contributed by atoms with E-state index < -0.39 is 5.97 Å². The summed E-state index contributed by atoms with van der Waals surface area (Å²) in [7, 11) is 1.83. The lowest BCUT2D eigenvalue weighted by Gasteiger charge is -2.20. The molecule has 0 spiro atoms. The van der Waals surface area contributed by atoms with E-state index in [-0.39, 0.29) is 6.04 Å². The highest BCUT2D eigenvalue weighted by Gasteiger charge is 2.23. The topological polar surface area (TPSA) is 54.6 Å². The number of carbonyl (C=O) groups is 1. The van der Waals surface area contributed by atoms with Crippen LogP contribution in [0.5, 0.6) is 0 Å². The van der Waals surface area contributed by atoms with Crippen molar-refractivity contribution in [2.24, 2.45) is 0 Å². The Labute approximate surface area is 66.2 Å². The van der Waals surface area contributed by atoms with Gasteiger partial charge in [-0.1, -0.05) is 0 Å². The average Bonchev–Trinajstić information content (AvgIpc) is 2.13. The minimum atomic E-state index is -0.732. The number of nitrogens with zero attached hydrogens (tertiary/aromatic N) is 2. The first kappa shape index (κ1) is 8.49. The predicted octanol–water partition coefficient (Wildman–Crippen LogP) is -0.621. The molecule has 1 fully saturated rings. The molecule has 0 aromatic heterocycles. The lowest BCUT2D eigenvalue weighted by Crippen LogP contribution is -2.38. The molecule has 1 aliphatic heterocycles. The van der Waals surface area contributed by atoms with Crippen molar-refractivity contribution in [3.8, 4) is 0 Å². The van der Waals surface area contributed by atoms with E-state index in [0.29, 0.717) is 13.0 Å². The van der Waals surface area contributed by atoms with Gasteiger partial charge >= 0.3 is 5.97 Å². The van der Waals surface area contributed by atoms with Gasteiger partial charge in [0.25, 0.3) is 0 Å². The number of rotatable bonds is 1. The van der Waals surface area contributed by atoms with Crippen LogP contribution in [0.1, 0.15) is 6.42 Å². The van der Waals surface area contributed by atoms with Crippen molar-refractivity contribution in [1.82, 2.24) is 10.2 Å². The second kappa shape index (κ2) is 3.69. The third kappa shape index (κ3) is 2.17. The Morgan fingerprint density at radius 3 is 3.00 bits per heavy atom. The highest BCUT2D eigenvalue weighted by atomic mass is 16.4. The van der Waals surface area contributed by atoms with E-state index in [9.17, 15) is 4.79 Å². The highest BCUT2D eigenvalue weighted by Crippen LogP contribution is 2.04. The number of hydrogen-bond donors (Lipinski definition) is 1. The SMILES string of the molecule is CN1CC[N]CCC1C(=O)O. The van der Waals surface area contributed by atoms with Crippen molar-refractivity contribution in [2.45, 2.75) is 12.5 Å². The van der Waals surface area contributed by atoms with Crippen LogP contribution in [0, 0.1) is 0 Å². The zero-order valence-electron chi connectivity index (χ0n) is 6.66. The standard InChI is InChI=1S/C7H13N2O2/c1-9-5-4-8-3-2-6(9)7(10)11/h6H,2-5H2,1H3,(H,10,11). The van der Waals surface area contributed by atoms with Crippen molar-refractivity contribution in [2.75, 3.05) is 26.7 Å². The minimum Gasteiger partial charge on any atom is -0.480 e. The van der Waals surface area contributed by atoms with E-state index in [1.54, 1.807) is 0 Å². The van der Waals surface area contributed by atoms with Crippen molar-refractivity contribution < 1.29 is 9.90 Å². The first-order valence-corrected chi connectivity index (χ1v) is 3.78. The zero-order valence-corrected chi connectivity index (χ0v) is 6.66. The molecule has 0 saturated carbocycles. The number of hydrogen-bond acceptors (Lipinski definition) is 2. The van der Waals surface area contributed by atoms with E-state index in [1.165, 1.54) is 0 Å². The summed E-state index contributed by atoms with van der Waals surface area (Å²) in [6, 6.07) is -0.332. The third-order valence-corrected chi connectivity index (χ3v) is 1.99. The molecule has 0 aromatic carbocycles. The molecule has 1 saturated heterocycles. The van der Waals surface area contributed by atoms with Gasteiger partial charge in [0.15, 0.2) is 0 Å². The third-order valence-electron chi connectivity index (χ3n) is 1.99. The Kier molecular flexibility index (Phi) is 2.84. The number of carboxylic acids is 1. The Morgan fingerprint density at radius 2 is 2.36 bits per heavy atom. The molecule has 1 heterocycles. The van der Waals surface area contributed by atoms with Crippen molar-refractivity contribution in [1.29, 1.82) is 0 Å². The monoisotopic (exact) mass is 157 g/mol. The van der Waals surface area contributed by atoms with Gasteiger partial charge in [-0.25, -0.2) is 5.32 Å². The predicted molar refractivity (Wildman–Crippen MR) is 40.5 cm³/mol. The molecule has 1 rings (SSSR count). The van der Waals surface area contributed by atoms with Crippen molar-refractivity contribution in [3.05, 3.63) is 0 Å². The van der Waals surface area contributed by atoms with Crippen molar-refractivity contribution in [3.63, 3.8) is 0 Å². The molecule has 1 aliphatic rings. The Bertz CT molecular complexity index is 149. The molecular weight excluding hydrogens is 144 g/mol. The molecule has 11 heavy (non-hydrogen) atoms. The summed E-state index contributed by atoms with van der Waals surface area (Å²) < 4.78 is 0. The van der Waals surface area contributed by atoms with Crippen LogP contribution in [0.15, 0.2) is 0 Å². The molecule has 0 aromatic rings. The normalized spacial score (nSPS) is 27.9. The molecule has 0 aliphatic carbocycles. The Hall–Kier alpha value is -0.610. The number of carboxylic acid groups (broad SMARTS) is 1. The maximum absolute atomic E-state index is 10.6. The Balaban J connectivity index is 2.52. The molecule has 4 nitrogen and oxygen atoms in total. The fourth-order valence-corrected chi connectivity index (χ4v) is 1.24. The first-order valence-electron chi connectivity index (χ1n) is 3.78. The molecule has 0 amide bonds. The lowest BCUT2D eigenvalue weighted by atomic mass is 10.2. The fraction of sp³-hybridized carbons (Fsp3) is 0.857. The lowest BCUT2D eigenvalue weighted by molar-refractivity contribution is -0.142. The minimum absolute atomic E-state index is 0.332. The number of likely N-dealkylation sites (N-methyl/N-ethyl adjacent to an activating group) is 1. The second-order valence-corrected chi connectivity index (χ2v) is 2.79. The summed E-state index contributed by atoms with van der Waals surface area (Å²) in [6.45, 7) is 2.21. The average molecular weight is 157 g/mol. The van der Waals surface area contributed by atoms with E-state index in [4.69, 9.17) is 5.11 Å². The Morgan fingerprint density at radius 1 is 1.64 bits per heavy atom. The maximum Gasteiger partial charge on any atom is 0.320 e. The van der Waals surface area contributed by atoms with E-state index in [2.05, 4.69) is 5.32 Å². The van der Waals surface area contributed by atoms with E-state index >= 15 is 0 Å². The van der Waals surface area contributed by atoms with Gasteiger partial charge in [0.1, 0.15) is 6.04 Å². The van der Waals surface area contributed by atoms with Crippen LogP contribution in [-0.4, -0.2) is 48.7 Å². The van der Waals surface area contributed by atoms with Gasteiger partial charge in [-0.15, -0.1) is 0 Å². The summed E-state index contributed by atoms with van der Waals surface area (Å²) in [5.41, 5.74) is 0. The van der Waals surface area contributed by atoms with Gasteiger partial charge in [-0.2, -0.15) is 0 Å². The molecule has 0 bridgehead atoms. The summed E-state index contributed by atoms with van der Waals surface area (Å²) in [5, 5.41) is 12.9. The van der Waals surface area contributed by atoms with Gasteiger partial charge in [-0.3, -0.25) is 9.69 Å². The highest BCUT2D eigenvalue weighted by molar-refractivity contribution is 5.73. The molecule has 4 heteroatoms. The number of aliphatic carboxylic acids is 1. The summed E-state index contributed by atoms with van der Waals surface area (Å²) in [6.07, 6.45) is 0.645. The first-order chi connectivity index (χ1) is 5.22. The van der Waals surface area contributed by atoms with Crippen LogP contribution in [-0.2, 0) is 4.79 Å². The second-order valence-electron chi connectivity index (χ2n) is 2.79. The quantitative estimate of drug-likeness (QED) is 0.552. The smallest absolute Gasteiger partial charge is 0.320 e. The van der Waals surface area contributed by atoms with Crippen LogP contribution in [0.3, 0.4) is 0 Å². The van der Waals surface area contributed by atoms with Crippen LogP contribution < -0.4 is 5.32 Å². The van der Waals surface area contributed by atoms with Gasteiger partial charge in [0.05, 0.1) is 0 Å². The summed E-state index contributed by atoms with van der Waals surface area (Å²) >= 11 is 0. The summed E-state index contributed by atoms with van der Waals surface area (Å²) in [4.78, 5) is 12.5. The van der Waals surface area contributed by atoms with Gasteiger partial charge in [0.2, 0.25) is 0 Å². The molecule has 1 unspecified atom stereocenters. The van der Waals surface area contributed by atoms with Crippen LogP contribution in [0.2, 0.25) is 0 Å². The van der Waals surface area contributed by atoms with Gasteiger partial charge in [0, 0.05) is 19.6 Å². The van der Waals surface area contributed by atoms with E-state index in [1.807, 2.05) is 11.9 Å². The molecule has 63 valence electrons. The van der Waals surface area contributed by atoms with Gasteiger partial charge < -0.3 is 5.11 Å².